The fourth-order valence-corrected chi connectivity index (χ4v) is 1.91. The van der Waals surface area contributed by atoms with Crippen LogP contribution in [0.3, 0.4) is 0 Å². The fourth-order valence-electron chi connectivity index (χ4n) is 1.91. The standard InChI is InChI=1S/C14H14N2O4/c1-3-10-12(8(2)20-16-10)13(17)15-11-7-5-4-6-9(11)14(18)19/h4-7H,3H2,1-2H3,(H,15,17)(H,18,19). The van der Waals surface area contributed by atoms with Crippen LogP contribution < -0.4 is 5.32 Å². The number of amides is 1. The summed E-state index contributed by atoms with van der Waals surface area (Å²) in [6.07, 6.45) is 0.556. The van der Waals surface area contributed by atoms with Gasteiger partial charge in [0.1, 0.15) is 11.3 Å². The molecule has 0 bridgehead atoms. The fraction of sp³-hybridized carbons (Fsp3) is 0.214. The topological polar surface area (TPSA) is 92.4 Å². The van der Waals surface area contributed by atoms with Crippen molar-refractivity contribution in [3.63, 3.8) is 0 Å². The van der Waals surface area contributed by atoms with E-state index < -0.39 is 11.9 Å². The predicted octanol–water partition coefficient (Wildman–Crippen LogP) is 2.50. The molecular formula is C14H14N2O4. The van der Waals surface area contributed by atoms with E-state index in [1.54, 1.807) is 19.1 Å². The molecule has 104 valence electrons. The van der Waals surface area contributed by atoms with Crippen LogP contribution in [0, 0.1) is 6.92 Å². The Hall–Kier alpha value is -2.63. The van der Waals surface area contributed by atoms with Crippen LogP contribution in [0.15, 0.2) is 28.8 Å². The minimum absolute atomic E-state index is 0.0352. The SMILES string of the molecule is CCc1noc(C)c1C(=O)Nc1ccccc1C(=O)O. The first-order valence-corrected chi connectivity index (χ1v) is 6.13. The van der Waals surface area contributed by atoms with E-state index in [4.69, 9.17) is 9.63 Å². The Morgan fingerprint density at radius 3 is 2.70 bits per heavy atom. The summed E-state index contributed by atoms with van der Waals surface area (Å²) in [6.45, 7) is 3.50. The van der Waals surface area contributed by atoms with Gasteiger partial charge in [-0.1, -0.05) is 24.2 Å². The number of benzene rings is 1. The maximum atomic E-state index is 12.2. The first kappa shape index (κ1) is 13.8. The molecule has 1 amide bonds. The van der Waals surface area contributed by atoms with E-state index in [1.165, 1.54) is 12.1 Å². The maximum absolute atomic E-state index is 12.2. The van der Waals surface area contributed by atoms with Gasteiger partial charge in [0, 0.05) is 0 Å². The van der Waals surface area contributed by atoms with Crippen molar-refractivity contribution in [1.82, 2.24) is 5.16 Å². The van der Waals surface area contributed by atoms with Crippen LogP contribution >= 0.6 is 0 Å². The molecule has 6 nitrogen and oxygen atoms in total. The molecule has 1 aromatic heterocycles. The molecule has 6 heteroatoms. The Kier molecular flexibility index (Phi) is 3.84. The smallest absolute Gasteiger partial charge is 0.337 e. The monoisotopic (exact) mass is 274 g/mol. The second kappa shape index (κ2) is 5.56. The Balaban J connectivity index is 2.33. The number of carboxylic acid groups (broad SMARTS) is 1. The Bertz CT molecular complexity index is 661. The lowest BCUT2D eigenvalue weighted by Gasteiger charge is -2.08. The molecule has 0 aliphatic carbocycles. The zero-order chi connectivity index (χ0) is 14.7. The number of hydrogen-bond acceptors (Lipinski definition) is 4. The molecular weight excluding hydrogens is 260 g/mol. The van der Waals surface area contributed by atoms with Gasteiger partial charge >= 0.3 is 5.97 Å². The number of rotatable bonds is 4. The summed E-state index contributed by atoms with van der Waals surface area (Å²) in [5, 5.41) is 15.5. The summed E-state index contributed by atoms with van der Waals surface area (Å²) in [4.78, 5) is 23.3. The summed E-state index contributed by atoms with van der Waals surface area (Å²) in [5.41, 5.74) is 1.18. The molecule has 0 atom stereocenters. The second-order valence-corrected chi connectivity index (χ2v) is 4.22. The molecule has 2 N–H and O–H groups in total. The number of carbonyl (C=O) groups excluding carboxylic acids is 1. The zero-order valence-corrected chi connectivity index (χ0v) is 11.1. The molecule has 20 heavy (non-hydrogen) atoms. The molecule has 2 aromatic rings. The van der Waals surface area contributed by atoms with Crippen molar-refractivity contribution in [2.75, 3.05) is 5.32 Å². The minimum atomic E-state index is -1.10. The highest BCUT2D eigenvalue weighted by Gasteiger charge is 2.20. The average molecular weight is 274 g/mol. The Labute approximate surface area is 115 Å². The maximum Gasteiger partial charge on any atom is 0.337 e. The molecule has 0 fully saturated rings. The van der Waals surface area contributed by atoms with Gasteiger partial charge in [-0.2, -0.15) is 0 Å². The van der Waals surface area contributed by atoms with Gasteiger partial charge in [0.15, 0.2) is 0 Å². The van der Waals surface area contributed by atoms with Gasteiger partial charge < -0.3 is 14.9 Å². The summed E-state index contributed by atoms with van der Waals surface area (Å²) in [6, 6.07) is 6.22. The number of aryl methyl sites for hydroxylation is 2. The van der Waals surface area contributed by atoms with E-state index in [-0.39, 0.29) is 11.3 Å². The minimum Gasteiger partial charge on any atom is -0.478 e. The van der Waals surface area contributed by atoms with E-state index in [1.807, 2.05) is 6.92 Å². The molecule has 0 saturated heterocycles. The Morgan fingerprint density at radius 1 is 1.35 bits per heavy atom. The third-order valence-corrected chi connectivity index (χ3v) is 2.90. The van der Waals surface area contributed by atoms with E-state index in [2.05, 4.69) is 10.5 Å². The molecule has 0 spiro atoms. The largest absolute Gasteiger partial charge is 0.478 e. The number of para-hydroxylation sites is 1. The summed E-state index contributed by atoms with van der Waals surface area (Å²) in [5.74, 6) is -1.11. The number of carboxylic acids is 1. The van der Waals surface area contributed by atoms with Gasteiger partial charge in [-0.15, -0.1) is 0 Å². The van der Waals surface area contributed by atoms with Crippen molar-refractivity contribution < 1.29 is 19.2 Å². The molecule has 0 radical (unpaired) electrons. The number of hydrogen-bond donors (Lipinski definition) is 2. The molecule has 0 aliphatic rings. The van der Waals surface area contributed by atoms with E-state index in [9.17, 15) is 9.59 Å². The lowest BCUT2D eigenvalue weighted by Crippen LogP contribution is -2.16. The molecule has 0 saturated carbocycles. The van der Waals surface area contributed by atoms with Crippen molar-refractivity contribution in [3.8, 4) is 0 Å². The van der Waals surface area contributed by atoms with Crippen molar-refractivity contribution in [2.24, 2.45) is 0 Å². The summed E-state index contributed by atoms with van der Waals surface area (Å²) in [7, 11) is 0. The molecule has 2 rings (SSSR count). The van der Waals surface area contributed by atoms with Gasteiger partial charge in [-0.05, 0) is 25.5 Å². The van der Waals surface area contributed by atoms with E-state index >= 15 is 0 Å². The van der Waals surface area contributed by atoms with Crippen molar-refractivity contribution in [1.29, 1.82) is 0 Å². The first-order valence-electron chi connectivity index (χ1n) is 6.13. The highest BCUT2D eigenvalue weighted by molar-refractivity contribution is 6.08. The quantitative estimate of drug-likeness (QED) is 0.893. The first-order chi connectivity index (χ1) is 9.54. The lowest BCUT2D eigenvalue weighted by molar-refractivity contribution is 0.0698. The zero-order valence-electron chi connectivity index (χ0n) is 11.1. The van der Waals surface area contributed by atoms with Gasteiger partial charge in [0.2, 0.25) is 0 Å². The third kappa shape index (κ3) is 2.54. The highest BCUT2D eigenvalue weighted by Crippen LogP contribution is 2.19. The van der Waals surface area contributed by atoms with Crippen LogP contribution in [0.1, 0.15) is 39.1 Å². The number of carbonyl (C=O) groups is 2. The normalized spacial score (nSPS) is 10.3. The van der Waals surface area contributed by atoms with Crippen LogP contribution in [-0.2, 0) is 6.42 Å². The number of nitrogens with zero attached hydrogens (tertiary/aromatic N) is 1. The van der Waals surface area contributed by atoms with Crippen LogP contribution in [0.25, 0.3) is 0 Å². The van der Waals surface area contributed by atoms with Crippen LogP contribution in [-0.4, -0.2) is 22.1 Å². The third-order valence-electron chi connectivity index (χ3n) is 2.90. The van der Waals surface area contributed by atoms with Gasteiger partial charge in [-0.25, -0.2) is 4.79 Å². The van der Waals surface area contributed by atoms with E-state index in [0.717, 1.165) is 0 Å². The van der Waals surface area contributed by atoms with Gasteiger partial charge in [0.25, 0.3) is 5.91 Å². The van der Waals surface area contributed by atoms with Crippen LogP contribution in [0.4, 0.5) is 5.69 Å². The van der Waals surface area contributed by atoms with Crippen molar-refractivity contribution >= 4 is 17.6 Å². The highest BCUT2D eigenvalue weighted by atomic mass is 16.5. The summed E-state index contributed by atoms with van der Waals surface area (Å²) >= 11 is 0. The molecule has 0 aliphatic heterocycles. The van der Waals surface area contributed by atoms with Crippen LogP contribution in [0.5, 0.6) is 0 Å². The molecule has 1 aromatic carbocycles. The van der Waals surface area contributed by atoms with Crippen LogP contribution in [0.2, 0.25) is 0 Å². The number of anilines is 1. The number of aromatic carboxylic acids is 1. The van der Waals surface area contributed by atoms with Crippen molar-refractivity contribution in [3.05, 3.63) is 46.8 Å². The van der Waals surface area contributed by atoms with E-state index in [0.29, 0.717) is 23.4 Å². The lowest BCUT2D eigenvalue weighted by atomic mass is 10.1. The second-order valence-electron chi connectivity index (χ2n) is 4.22. The molecule has 0 unspecified atom stereocenters. The summed E-state index contributed by atoms with van der Waals surface area (Å²) < 4.78 is 5.00. The molecule has 1 heterocycles. The Morgan fingerprint density at radius 2 is 2.05 bits per heavy atom. The van der Waals surface area contributed by atoms with Crippen molar-refractivity contribution in [2.45, 2.75) is 20.3 Å². The average Bonchev–Trinajstić information content (AvgIpc) is 2.80. The number of aromatic nitrogens is 1. The van der Waals surface area contributed by atoms with Gasteiger partial charge in [0.05, 0.1) is 16.9 Å². The van der Waals surface area contributed by atoms with Gasteiger partial charge in [-0.3, -0.25) is 4.79 Å². The predicted molar refractivity (Wildman–Crippen MR) is 72.0 cm³/mol. The number of nitrogens with one attached hydrogen (secondary N) is 1.